The van der Waals surface area contributed by atoms with Crippen molar-refractivity contribution in [3.8, 4) is 0 Å². The highest BCUT2D eigenvalue weighted by Gasteiger charge is 2.51. The van der Waals surface area contributed by atoms with Gasteiger partial charge >= 0.3 is 0 Å². The highest BCUT2D eigenvalue weighted by atomic mass is 32.2. The molecule has 0 spiro atoms. The smallest absolute Gasteiger partial charge is 0.219 e. The first-order valence-corrected chi connectivity index (χ1v) is 6.34. The fourth-order valence-corrected chi connectivity index (χ4v) is 2.96. The second kappa shape index (κ2) is 3.79. The molecule has 0 bridgehead atoms. The Balaban J connectivity index is 2.56. The molecule has 1 saturated carbocycles. The molecule has 0 aromatic carbocycles. The van der Waals surface area contributed by atoms with Gasteiger partial charge in [0.2, 0.25) is 10.0 Å². The Morgan fingerprint density at radius 3 is 2.00 bits per heavy atom. The maximum absolute atomic E-state index is 11.9. The summed E-state index contributed by atoms with van der Waals surface area (Å²) in [5.41, 5.74) is 0. The Hall–Kier alpha value is -0.130. The van der Waals surface area contributed by atoms with E-state index in [-0.39, 0.29) is 0 Å². The normalized spacial score (nSPS) is 20.4. The molecule has 0 N–H and O–H groups in total. The van der Waals surface area contributed by atoms with Crippen molar-refractivity contribution in [2.75, 3.05) is 34.2 Å². The predicted molar refractivity (Wildman–Crippen MR) is 57.7 cm³/mol. The molecule has 0 radical (unpaired) electrons. The van der Waals surface area contributed by atoms with Crippen molar-refractivity contribution in [1.29, 1.82) is 0 Å². The van der Waals surface area contributed by atoms with Crippen molar-refractivity contribution in [2.45, 2.75) is 24.5 Å². The average molecular weight is 220 g/mol. The van der Waals surface area contributed by atoms with Crippen LogP contribution < -0.4 is 0 Å². The van der Waals surface area contributed by atoms with Crippen molar-refractivity contribution in [2.24, 2.45) is 0 Å². The van der Waals surface area contributed by atoms with E-state index in [1.54, 1.807) is 7.05 Å². The lowest BCUT2D eigenvalue weighted by atomic mass is 10.5. The van der Waals surface area contributed by atoms with Crippen LogP contribution in [0.5, 0.6) is 0 Å². The van der Waals surface area contributed by atoms with Crippen molar-refractivity contribution in [1.82, 2.24) is 9.21 Å². The molecule has 1 rings (SSSR count). The quantitative estimate of drug-likeness (QED) is 0.672. The topological polar surface area (TPSA) is 40.6 Å². The van der Waals surface area contributed by atoms with Gasteiger partial charge in [-0.3, -0.25) is 0 Å². The fraction of sp³-hybridized carbons (Fsp3) is 1.00. The second-order valence-electron chi connectivity index (χ2n) is 4.58. The van der Waals surface area contributed by atoms with Crippen molar-refractivity contribution >= 4 is 10.0 Å². The maximum Gasteiger partial charge on any atom is 0.219 e. The molecular weight excluding hydrogens is 200 g/mol. The number of sulfonamides is 1. The zero-order chi connectivity index (χ0) is 11.0. The highest BCUT2D eigenvalue weighted by Crippen LogP contribution is 2.44. The molecule has 0 unspecified atom stereocenters. The Labute approximate surface area is 86.9 Å². The molecule has 1 aliphatic carbocycles. The summed E-state index contributed by atoms with van der Waals surface area (Å²) in [5, 5.41) is 0. The van der Waals surface area contributed by atoms with Gasteiger partial charge in [-0.15, -0.1) is 0 Å². The molecule has 1 aliphatic rings. The summed E-state index contributed by atoms with van der Waals surface area (Å²) in [5.74, 6) is 0. The molecule has 14 heavy (non-hydrogen) atoms. The molecule has 0 aromatic heterocycles. The minimum Gasteiger partial charge on any atom is -0.308 e. The van der Waals surface area contributed by atoms with E-state index in [4.69, 9.17) is 0 Å². The highest BCUT2D eigenvalue weighted by molar-refractivity contribution is 7.90. The van der Waals surface area contributed by atoms with Gasteiger partial charge < -0.3 is 4.90 Å². The molecule has 0 aliphatic heterocycles. The van der Waals surface area contributed by atoms with Gasteiger partial charge in [0.1, 0.15) is 0 Å². The van der Waals surface area contributed by atoms with E-state index in [0.29, 0.717) is 6.54 Å². The van der Waals surface area contributed by atoms with Crippen LogP contribution in [0.2, 0.25) is 0 Å². The van der Waals surface area contributed by atoms with E-state index < -0.39 is 14.8 Å². The van der Waals surface area contributed by atoms with E-state index in [2.05, 4.69) is 0 Å². The number of hydrogen-bond donors (Lipinski definition) is 0. The second-order valence-corrected chi connectivity index (χ2v) is 7.14. The van der Waals surface area contributed by atoms with E-state index >= 15 is 0 Å². The fourth-order valence-electron chi connectivity index (χ4n) is 1.27. The first-order valence-electron chi connectivity index (χ1n) is 4.90. The van der Waals surface area contributed by atoms with Gasteiger partial charge in [0, 0.05) is 20.1 Å². The minimum absolute atomic E-state index is 0.464. The van der Waals surface area contributed by atoms with Gasteiger partial charge in [-0.2, -0.15) is 0 Å². The number of rotatable bonds is 5. The zero-order valence-corrected chi connectivity index (χ0v) is 10.3. The molecule has 0 amide bonds. The third kappa shape index (κ3) is 2.27. The van der Waals surface area contributed by atoms with Gasteiger partial charge in [-0.05, 0) is 33.9 Å². The number of likely N-dealkylation sites (N-methyl/N-ethyl adjacent to an activating group) is 2. The molecule has 0 atom stereocenters. The molecule has 1 fully saturated rings. The van der Waals surface area contributed by atoms with Crippen LogP contribution in [0.15, 0.2) is 0 Å². The Morgan fingerprint density at radius 1 is 1.14 bits per heavy atom. The summed E-state index contributed by atoms with van der Waals surface area (Å²) in [7, 11) is 2.50. The number of hydrogen-bond acceptors (Lipinski definition) is 3. The maximum atomic E-state index is 11.9. The van der Waals surface area contributed by atoms with Crippen molar-refractivity contribution in [3.05, 3.63) is 0 Å². The molecule has 4 nitrogen and oxygen atoms in total. The van der Waals surface area contributed by atoms with Crippen molar-refractivity contribution < 1.29 is 8.42 Å². The molecular formula is C9H20N2O2S. The average Bonchev–Trinajstić information content (AvgIpc) is 2.80. The molecule has 0 saturated heterocycles. The van der Waals surface area contributed by atoms with Gasteiger partial charge in [-0.1, -0.05) is 0 Å². The summed E-state index contributed by atoms with van der Waals surface area (Å²) < 4.78 is 24.9. The van der Waals surface area contributed by atoms with E-state index in [9.17, 15) is 8.42 Å². The lowest BCUT2D eigenvalue weighted by molar-refractivity contribution is 0.356. The van der Waals surface area contributed by atoms with E-state index in [1.165, 1.54) is 4.31 Å². The Kier molecular flexibility index (Phi) is 3.23. The summed E-state index contributed by atoms with van der Waals surface area (Å²) in [6.45, 7) is 3.17. The summed E-state index contributed by atoms with van der Waals surface area (Å²) >= 11 is 0. The summed E-state index contributed by atoms with van der Waals surface area (Å²) in [4.78, 5) is 1.99. The van der Waals surface area contributed by atoms with Crippen LogP contribution in [0.4, 0.5) is 0 Å². The van der Waals surface area contributed by atoms with Crippen LogP contribution in [-0.2, 0) is 10.0 Å². The van der Waals surface area contributed by atoms with E-state index in [0.717, 1.165) is 19.4 Å². The first kappa shape index (κ1) is 11.9. The third-order valence-corrected chi connectivity index (χ3v) is 5.51. The largest absolute Gasteiger partial charge is 0.308 e. The third-order valence-electron chi connectivity index (χ3n) is 2.85. The summed E-state index contributed by atoms with van der Waals surface area (Å²) in [6, 6.07) is 0. The SMILES string of the molecule is CN(C)CCN(C)S(=O)(=O)C1(C)CC1. The monoisotopic (exact) mass is 220 g/mol. The Morgan fingerprint density at radius 2 is 1.64 bits per heavy atom. The van der Waals surface area contributed by atoms with Crippen LogP contribution in [0.25, 0.3) is 0 Å². The number of nitrogens with zero attached hydrogens (tertiary/aromatic N) is 2. The standard InChI is InChI=1S/C9H20N2O2S/c1-9(5-6-9)14(12,13)11(4)8-7-10(2)3/h5-8H2,1-4H3. The van der Waals surface area contributed by atoms with Crippen LogP contribution in [0.1, 0.15) is 19.8 Å². The predicted octanol–water partition coefficient (Wildman–Crippen LogP) is 0.362. The van der Waals surface area contributed by atoms with Crippen molar-refractivity contribution in [3.63, 3.8) is 0 Å². The molecule has 84 valence electrons. The van der Waals surface area contributed by atoms with Gasteiger partial charge in [-0.25, -0.2) is 12.7 Å². The lowest BCUT2D eigenvalue weighted by Crippen LogP contribution is -2.39. The van der Waals surface area contributed by atoms with Crippen LogP contribution in [-0.4, -0.2) is 56.6 Å². The van der Waals surface area contributed by atoms with Crippen LogP contribution in [0.3, 0.4) is 0 Å². The zero-order valence-electron chi connectivity index (χ0n) is 9.45. The molecule has 5 heteroatoms. The lowest BCUT2D eigenvalue weighted by Gasteiger charge is -2.22. The van der Waals surface area contributed by atoms with Crippen LogP contribution >= 0.6 is 0 Å². The minimum atomic E-state index is -3.05. The molecule has 0 aromatic rings. The Bertz CT molecular complexity index is 294. The van der Waals surface area contributed by atoms with E-state index in [1.807, 2.05) is 25.9 Å². The molecule has 0 heterocycles. The van der Waals surface area contributed by atoms with Gasteiger partial charge in [0.05, 0.1) is 4.75 Å². The van der Waals surface area contributed by atoms with Crippen LogP contribution in [0, 0.1) is 0 Å². The van der Waals surface area contributed by atoms with Gasteiger partial charge in [0.25, 0.3) is 0 Å². The first-order chi connectivity index (χ1) is 6.29. The summed E-state index contributed by atoms with van der Waals surface area (Å²) in [6.07, 6.45) is 1.61. The van der Waals surface area contributed by atoms with Gasteiger partial charge in [0.15, 0.2) is 0 Å².